The van der Waals surface area contributed by atoms with Gasteiger partial charge >= 0.3 is 11.9 Å². The molecule has 0 aliphatic carbocycles. The first kappa shape index (κ1) is 22.8. The molecular formula is C25H19ClN4O4. The molecule has 3 aromatic carbocycles. The molecule has 0 aliphatic heterocycles. The SMILES string of the molecule is Cc1ccc(N/N=C/c2cn(-c3ccc(C(=O)O)cc3)nc2-c2ccc(C(=O)O)cc2)c(Cl)c1. The number of rotatable bonds is 7. The number of carboxylic acids is 2. The van der Waals surface area contributed by atoms with Gasteiger partial charge in [0.25, 0.3) is 0 Å². The predicted octanol–water partition coefficient (Wildman–Crippen LogP) is 5.34. The van der Waals surface area contributed by atoms with E-state index in [1.54, 1.807) is 41.4 Å². The lowest BCUT2D eigenvalue weighted by Gasteiger charge is -2.04. The topological polar surface area (TPSA) is 117 Å². The van der Waals surface area contributed by atoms with Crippen LogP contribution in [0.15, 0.2) is 78.0 Å². The summed E-state index contributed by atoms with van der Waals surface area (Å²) in [6, 6.07) is 18.2. The van der Waals surface area contributed by atoms with E-state index in [1.165, 1.54) is 24.3 Å². The number of benzene rings is 3. The molecule has 8 nitrogen and oxygen atoms in total. The fraction of sp³-hybridized carbons (Fsp3) is 0.0400. The number of hydrogen-bond acceptors (Lipinski definition) is 5. The molecule has 4 rings (SSSR count). The molecule has 34 heavy (non-hydrogen) atoms. The molecule has 0 radical (unpaired) electrons. The Kier molecular flexibility index (Phi) is 6.42. The van der Waals surface area contributed by atoms with Gasteiger partial charge in [0.05, 0.1) is 33.7 Å². The lowest BCUT2D eigenvalue weighted by atomic mass is 10.1. The average Bonchev–Trinajstić information content (AvgIpc) is 3.24. The Balaban J connectivity index is 1.70. The first-order valence-corrected chi connectivity index (χ1v) is 10.5. The molecule has 9 heteroatoms. The van der Waals surface area contributed by atoms with Crippen LogP contribution in [-0.4, -0.2) is 38.1 Å². The van der Waals surface area contributed by atoms with E-state index in [2.05, 4.69) is 15.6 Å². The molecule has 1 heterocycles. The zero-order valence-corrected chi connectivity index (χ0v) is 18.7. The van der Waals surface area contributed by atoms with Crippen molar-refractivity contribution in [1.82, 2.24) is 9.78 Å². The van der Waals surface area contributed by atoms with Gasteiger partial charge in [0.1, 0.15) is 5.69 Å². The second kappa shape index (κ2) is 9.60. The van der Waals surface area contributed by atoms with E-state index in [1.807, 2.05) is 25.1 Å². The second-order valence-corrected chi connectivity index (χ2v) is 7.87. The summed E-state index contributed by atoms with van der Waals surface area (Å²) in [5.74, 6) is -2.03. The van der Waals surface area contributed by atoms with E-state index in [9.17, 15) is 14.7 Å². The van der Waals surface area contributed by atoms with Crippen molar-refractivity contribution in [2.24, 2.45) is 5.10 Å². The number of carbonyl (C=O) groups is 2. The molecule has 0 aliphatic rings. The Bertz CT molecular complexity index is 1390. The maximum absolute atomic E-state index is 11.2. The summed E-state index contributed by atoms with van der Waals surface area (Å²) in [4.78, 5) is 22.4. The molecule has 0 amide bonds. The Morgan fingerprint density at radius 3 is 2.18 bits per heavy atom. The van der Waals surface area contributed by atoms with Crippen LogP contribution in [0.25, 0.3) is 16.9 Å². The minimum Gasteiger partial charge on any atom is -0.478 e. The molecule has 0 saturated heterocycles. The number of halogens is 1. The first-order chi connectivity index (χ1) is 16.3. The number of hydrazone groups is 1. The van der Waals surface area contributed by atoms with Gasteiger partial charge in [-0.25, -0.2) is 14.3 Å². The Morgan fingerprint density at radius 1 is 0.971 bits per heavy atom. The molecule has 170 valence electrons. The summed E-state index contributed by atoms with van der Waals surface area (Å²) >= 11 is 6.26. The minimum atomic E-state index is -1.02. The lowest BCUT2D eigenvalue weighted by molar-refractivity contribution is 0.0686. The molecule has 0 saturated carbocycles. The van der Waals surface area contributed by atoms with Crippen LogP contribution in [0.2, 0.25) is 5.02 Å². The van der Waals surface area contributed by atoms with Crippen LogP contribution in [0.3, 0.4) is 0 Å². The number of hydrogen-bond donors (Lipinski definition) is 3. The van der Waals surface area contributed by atoms with E-state index in [0.29, 0.717) is 33.2 Å². The van der Waals surface area contributed by atoms with Gasteiger partial charge in [-0.05, 0) is 61.0 Å². The van der Waals surface area contributed by atoms with Gasteiger partial charge in [-0.15, -0.1) is 0 Å². The largest absolute Gasteiger partial charge is 0.478 e. The molecular weight excluding hydrogens is 456 g/mol. The fourth-order valence-corrected chi connectivity index (χ4v) is 3.53. The van der Waals surface area contributed by atoms with Crippen LogP contribution in [0.1, 0.15) is 31.8 Å². The van der Waals surface area contributed by atoms with E-state index in [0.717, 1.165) is 5.56 Å². The van der Waals surface area contributed by atoms with Gasteiger partial charge in [-0.3, -0.25) is 5.43 Å². The molecule has 0 unspecified atom stereocenters. The van der Waals surface area contributed by atoms with E-state index < -0.39 is 11.9 Å². The number of nitrogens with zero attached hydrogens (tertiary/aromatic N) is 3. The van der Waals surface area contributed by atoms with Crippen molar-refractivity contribution < 1.29 is 19.8 Å². The van der Waals surface area contributed by atoms with Gasteiger partial charge < -0.3 is 10.2 Å². The Morgan fingerprint density at radius 2 is 1.59 bits per heavy atom. The summed E-state index contributed by atoms with van der Waals surface area (Å²) < 4.78 is 1.60. The highest BCUT2D eigenvalue weighted by atomic mass is 35.5. The van der Waals surface area contributed by atoms with Crippen molar-refractivity contribution in [3.63, 3.8) is 0 Å². The van der Waals surface area contributed by atoms with Crippen molar-refractivity contribution >= 4 is 35.4 Å². The van der Waals surface area contributed by atoms with Crippen LogP contribution in [0, 0.1) is 6.92 Å². The number of carboxylic acid groups (broad SMARTS) is 2. The predicted molar refractivity (Wildman–Crippen MR) is 130 cm³/mol. The smallest absolute Gasteiger partial charge is 0.335 e. The highest BCUT2D eigenvalue weighted by molar-refractivity contribution is 6.33. The van der Waals surface area contributed by atoms with E-state index in [4.69, 9.17) is 16.7 Å². The van der Waals surface area contributed by atoms with Crippen molar-refractivity contribution in [2.75, 3.05) is 5.43 Å². The zero-order valence-electron chi connectivity index (χ0n) is 17.9. The molecule has 0 fully saturated rings. The molecule has 0 bridgehead atoms. The van der Waals surface area contributed by atoms with E-state index in [-0.39, 0.29) is 11.1 Å². The maximum Gasteiger partial charge on any atom is 0.335 e. The third-order valence-electron chi connectivity index (χ3n) is 5.04. The summed E-state index contributed by atoms with van der Waals surface area (Å²) in [5.41, 5.74) is 7.50. The van der Waals surface area contributed by atoms with Crippen LogP contribution < -0.4 is 5.43 Å². The maximum atomic E-state index is 11.2. The zero-order chi connectivity index (χ0) is 24.2. The monoisotopic (exact) mass is 474 g/mol. The molecule has 3 N–H and O–H groups in total. The number of aromatic nitrogens is 2. The molecule has 4 aromatic rings. The number of aryl methyl sites for hydroxylation is 1. The minimum absolute atomic E-state index is 0.165. The van der Waals surface area contributed by atoms with Crippen LogP contribution in [0.5, 0.6) is 0 Å². The van der Waals surface area contributed by atoms with Gasteiger partial charge in [0, 0.05) is 17.3 Å². The molecule has 0 atom stereocenters. The highest BCUT2D eigenvalue weighted by Gasteiger charge is 2.13. The van der Waals surface area contributed by atoms with Crippen LogP contribution >= 0.6 is 11.6 Å². The summed E-state index contributed by atoms with van der Waals surface area (Å²) in [7, 11) is 0. The Labute approximate surface area is 199 Å². The molecule has 0 spiro atoms. The third-order valence-corrected chi connectivity index (χ3v) is 5.35. The van der Waals surface area contributed by atoms with Gasteiger partial charge in [0.2, 0.25) is 0 Å². The number of aromatic carboxylic acids is 2. The number of nitrogens with one attached hydrogen (secondary N) is 1. The Hall–Kier alpha value is -4.43. The summed E-state index contributed by atoms with van der Waals surface area (Å²) in [6.45, 7) is 1.94. The fourth-order valence-electron chi connectivity index (χ4n) is 3.25. The summed E-state index contributed by atoms with van der Waals surface area (Å²) in [6.07, 6.45) is 3.34. The second-order valence-electron chi connectivity index (χ2n) is 7.47. The molecule has 1 aromatic heterocycles. The normalized spacial score (nSPS) is 11.0. The van der Waals surface area contributed by atoms with Crippen molar-refractivity contribution in [2.45, 2.75) is 6.92 Å². The lowest BCUT2D eigenvalue weighted by Crippen LogP contribution is -1.99. The van der Waals surface area contributed by atoms with Crippen LogP contribution in [-0.2, 0) is 0 Å². The standard InChI is InChI=1S/C25H19ClN4O4/c1-15-2-11-22(21(26)12-15)28-27-13-19-14-30(20-9-7-18(8-10-20)25(33)34)29-23(19)16-3-5-17(6-4-16)24(31)32/h2-14,28H,1H3,(H,31,32)(H,33,34)/b27-13+. The number of anilines is 1. The van der Waals surface area contributed by atoms with Crippen molar-refractivity contribution in [3.05, 3.63) is 100 Å². The quantitative estimate of drug-likeness (QED) is 0.246. The van der Waals surface area contributed by atoms with E-state index >= 15 is 0 Å². The van der Waals surface area contributed by atoms with Gasteiger partial charge in [-0.2, -0.15) is 10.2 Å². The summed E-state index contributed by atoms with van der Waals surface area (Å²) in [5, 5.41) is 27.8. The van der Waals surface area contributed by atoms with Gasteiger partial charge in [-0.1, -0.05) is 29.8 Å². The average molecular weight is 475 g/mol. The van der Waals surface area contributed by atoms with Crippen LogP contribution in [0.4, 0.5) is 5.69 Å². The van der Waals surface area contributed by atoms with Crippen molar-refractivity contribution in [3.8, 4) is 16.9 Å². The highest BCUT2D eigenvalue weighted by Crippen LogP contribution is 2.25. The first-order valence-electron chi connectivity index (χ1n) is 10.1. The third kappa shape index (κ3) is 4.97. The van der Waals surface area contributed by atoms with Crippen molar-refractivity contribution in [1.29, 1.82) is 0 Å². The van der Waals surface area contributed by atoms with Gasteiger partial charge in [0.15, 0.2) is 0 Å².